The van der Waals surface area contributed by atoms with E-state index >= 15 is 0 Å². The van der Waals surface area contributed by atoms with Gasteiger partial charge in [-0.3, -0.25) is 0 Å². The van der Waals surface area contributed by atoms with Gasteiger partial charge in [-0.25, -0.2) is 8.42 Å². The van der Waals surface area contributed by atoms with E-state index < -0.39 is 10.0 Å². The minimum absolute atomic E-state index is 0.278. The van der Waals surface area contributed by atoms with Crippen LogP contribution in [0.25, 0.3) is 10.9 Å². The van der Waals surface area contributed by atoms with Crippen molar-refractivity contribution in [3.8, 4) is 0 Å². The molecule has 21 heavy (non-hydrogen) atoms. The molecular formula is C14H20N4O2S. The molecule has 1 fully saturated rings. The summed E-state index contributed by atoms with van der Waals surface area (Å²) in [7, 11) is 0.496. The number of anilines is 1. The summed E-state index contributed by atoms with van der Waals surface area (Å²) >= 11 is 0. The van der Waals surface area contributed by atoms with Crippen molar-refractivity contribution >= 4 is 26.6 Å². The molecule has 1 saturated heterocycles. The predicted molar refractivity (Wildman–Crippen MR) is 83.6 cm³/mol. The number of aromatic amines is 1. The summed E-state index contributed by atoms with van der Waals surface area (Å²) in [5, 5.41) is 0.692. The highest BCUT2D eigenvalue weighted by Crippen LogP contribution is 2.29. The molecule has 7 heteroatoms. The Morgan fingerprint density at radius 3 is 2.81 bits per heavy atom. The van der Waals surface area contributed by atoms with Crippen LogP contribution in [0.5, 0.6) is 0 Å². The number of aromatic nitrogens is 1. The van der Waals surface area contributed by atoms with Crippen molar-refractivity contribution < 1.29 is 8.42 Å². The molecule has 0 bridgehead atoms. The number of H-pyrrole nitrogens is 1. The van der Waals surface area contributed by atoms with Gasteiger partial charge in [0.15, 0.2) is 0 Å². The summed E-state index contributed by atoms with van der Waals surface area (Å²) in [4.78, 5) is 5.40. The third-order valence-corrected chi connectivity index (χ3v) is 6.05. The van der Waals surface area contributed by atoms with Gasteiger partial charge in [0.1, 0.15) is 4.90 Å². The summed E-state index contributed by atoms with van der Waals surface area (Å²) in [6, 6.07) is 5.51. The summed E-state index contributed by atoms with van der Waals surface area (Å²) in [6.45, 7) is 1.10. The maximum absolute atomic E-state index is 12.8. The predicted octanol–water partition coefficient (Wildman–Crippen LogP) is 1.07. The van der Waals surface area contributed by atoms with E-state index in [2.05, 4.69) is 9.88 Å². The van der Waals surface area contributed by atoms with Crippen LogP contribution in [0.15, 0.2) is 29.3 Å². The second kappa shape index (κ2) is 5.01. The standard InChI is InChI=1S/C14H20N4O2S/c1-17(2)11-5-6-18(9-11)21(19,20)14-8-16-13-7-10(15)3-4-12(13)14/h3-4,7-8,11,16H,5-6,9,15H2,1-2H3. The van der Waals surface area contributed by atoms with Crippen LogP contribution in [0.2, 0.25) is 0 Å². The van der Waals surface area contributed by atoms with Crippen molar-refractivity contribution in [2.24, 2.45) is 0 Å². The molecule has 114 valence electrons. The highest BCUT2D eigenvalue weighted by atomic mass is 32.2. The Morgan fingerprint density at radius 2 is 2.14 bits per heavy atom. The van der Waals surface area contributed by atoms with E-state index in [9.17, 15) is 8.42 Å². The van der Waals surface area contributed by atoms with Crippen LogP contribution in [0.4, 0.5) is 5.69 Å². The SMILES string of the molecule is CN(C)C1CCN(S(=O)(=O)c2c[nH]c3cc(N)ccc23)C1. The Morgan fingerprint density at radius 1 is 1.38 bits per heavy atom. The molecule has 0 saturated carbocycles. The number of nitrogen functional groups attached to an aromatic ring is 1. The van der Waals surface area contributed by atoms with E-state index in [-0.39, 0.29) is 6.04 Å². The monoisotopic (exact) mass is 308 g/mol. The van der Waals surface area contributed by atoms with Crippen LogP contribution in [0.3, 0.4) is 0 Å². The van der Waals surface area contributed by atoms with Crippen LogP contribution in [-0.4, -0.2) is 55.8 Å². The number of hydrogen-bond acceptors (Lipinski definition) is 4. The van der Waals surface area contributed by atoms with Crippen LogP contribution in [0.1, 0.15) is 6.42 Å². The highest BCUT2D eigenvalue weighted by Gasteiger charge is 2.34. The lowest BCUT2D eigenvalue weighted by Gasteiger charge is -2.20. The molecule has 1 unspecified atom stereocenters. The van der Waals surface area contributed by atoms with E-state index in [0.717, 1.165) is 11.9 Å². The van der Waals surface area contributed by atoms with Crippen LogP contribution < -0.4 is 5.73 Å². The number of rotatable bonds is 3. The molecule has 0 amide bonds. The molecule has 1 atom stereocenters. The molecule has 3 N–H and O–H groups in total. The third-order valence-electron chi connectivity index (χ3n) is 4.14. The molecule has 1 aromatic carbocycles. The van der Waals surface area contributed by atoms with Gasteiger partial charge in [-0.1, -0.05) is 0 Å². The van der Waals surface area contributed by atoms with Crippen molar-refractivity contribution in [3.05, 3.63) is 24.4 Å². The molecule has 2 heterocycles. The lowest BCUT2D eigenvalue weighted by atomic mass is 10.2. The minimum atomic E-state index is -3.47. The molecule has 1 aromatic heterocycles. The molecule has 0 radical (unpaired) electrons. The first kappa shape index (κ1) is 14.4. The van der Waals surface area contributed by atoms with Crippen LogP contribution in [0, 0.1) is 0 Å². The second-order valence-electron chi connectivity index (χ2n) is 5.73. The van der Waals surface area contributed by atoms with Crippen molar-refractivity contribution in [2.75, 3.05) is 32.9 Å². The van der Waals surface area contributed by atoms with E-state index in [1.54, 1.807) is 28.7 Å². The van der Waals surface area contributed by atoms with E-state index in [0.29, 0.717) is 29.1 Å². The Hall–Kier alpha value is -1.57. The number of fused-ring (bicyclic) bond motifs is 1. The van der Waals surface area contributed by atoms with Crippen molar-refractivity contribution in [1.29, 1.82) is 0 Å². The van der Waals surface area contributed by atoms with Crippen LogP contribution in [-0.2, 0) is 10.0 Å². The molecule has 3 rings (SSSR count). The average Bonchev–Trinajstić information content (AvgIpc) is 3.05. The first-order chi connectivity index (χ1) is 9.89. The summed E-state index contributed by atoms with van der Waals surface area (Å²) in [5.41, 5.74) is 7.09. The number of nitrogens with one attached hydrogen (secondary N) is 1. The first-order valence-corrected chi connectivity index (χ1v) is 8.37. The van der Waals surface area contributed by atoms with E-state index in [4.69, 9.17) is 5.73 Å². The number of likely N-dealkylation sites (N-methyl/N-ethyl adjacent to an activating group) is 1. The van der Waals surface area contributed by atoms with Crippen molar-refractivity contribution in [3.63, 3.8) is 0 Å². The summed E-state index contributed by atoms with van der Waals surface area (Å²) < 4.78 is 27.2. The molecule has 0 aliphatic carbocycles. The fraction of sp³-hybridized carbons (Fsp3) is 0.429. The average molecular weight is 308 g/mol. The third kappa shape index (κ3) is 2.41. The minimum Gasteiger partial charge on any atom is -0.399 e. The van der Waals surface area contributed by atoms with Gasteiger partial charge in [-0.05, 0) is 38.7 Å². The van der Waals surface area contributed by atoms with Gasteiger partial charge >= 0.3 is 0 Å². The molecular weight excluding hydrogens is 288 g/mol. The molecule has 1 aliphatic heterocycles. The van der Waals surface area contributed by atoms with Gasteiger partial charge in [-0.2, -0.15) is 4.31 Å². The van der Waals surface area contributed by atoms with Gasteiger partial charge in [0.05, 0.1) is 0 Å². The Kier molecular flexibility index (Phi) is 3.43. The van der Waals surface area contributed by atoms with Crippen LogP contribution >= 0.6 is 0 Å². The maximum Gasteiger partial charge on any atom is 0.245 e. The number of nitrogens with zero attached hydrogens (tertiary/aromatic N) is 2. The zero-order valence-corrected chi connectivity index (χ0v) is 13.0. The van der Waals surface area contributed by atoms with Gasteiger partial charge in [0.2, 0.25) is 10.0 Å². The van der Waals surface area contributed by atoms with E-state index in [1.165, 1.54) is 0 Å². The number of benzene rings is 1. The Bertz CT molecular complexity index is 766. The topological polar surface area (TPSA) is 82.4 Å². The summed E-state index contributed by atoms with van der Waals surface area (Å²) in [6.07, 6.45) is 2.42. The zero-order chi connectivity index (χ0) is 15.2. The van der Waals surface area contributed by atoms with Gasteiger partial charge in [-0.15, -0.1) is 0 Å². The van der Waals surface area contributed by atoms with Gasteiger partial charge < -0.3 is 15.6 Å². The number of nitrogens with two attached hydrogens (primary N) is 1. The highest BCUT2D eigenvalue weighted by molar-refractivity contribution is 7.89. The summed E-state index contributed by atoms with van der Waals surface area (Å²) in [5.74, 6) is 0. The van der Waals surface area contributed by atoms with Gasteiger partial charge in [0.25, 0.3) is 0 Å². The lowest BCUT2D eigenvalue weighted by Crippen LogP contribution is -2.34. The largest absolute Gasteiger partial charge is 0.399 e. The fourth-order valence-corrected chi connectivity index (χ4v) is 4.48. The number of sulfonamides is 1. The molecule has 6 nitrogen and oxygen atoms in total. The lowest BCUT2D eigenvalue weighted by molar-refractivity contribution is 0.302. The van der Waals surface area contributed by atoms with E-state index in [1.807, 2.05) is 14.1 Å². The Balaban J connectivity index is 1.98. The maximum atomic E-state index is 12.8. The van der Waals surface area contributed by atoms with Crippen molar-refractivity contribution in [1.82, 2.24) is 14.2 Å². The molecule has 2 aromatic rings. The van der Waals surface area contributed by atoms with Crippen molar-refractivity contribution in [2.45, 2.75) is 17.4 Å². The fourth-order valence-electron chi connectivity index (χ4n) is 2.82. The number of hydrogen-bond donors (Lipinski definition) is 2. The Labute approximate surface area is 124 Å². The second-order valence-corrected chi connectivity index (χ2v) is 7.63. The zero-order valence-electron chi connectivity index (χ0n) is 12.2. The first-order valence-electron chi connectivity index (χ1n) is 6.93. The smallest absolute Gasteiger partial charge is 0.245 e. The molecule has 0 spiro atoms. The normalized spacial score (nSPS) is 20.6. The molecule has 1 aliphatic rings. The van der Waals surface area contributed by atoms with Gasteiger partial charge in [0, 0.05) is 41.9 Å². The quantitative estimate of drug-likeness (QED) is 0.831.